The van der Waals surface area contributed by atoms with Crippen LogP contribution >= 0.6 is 0 Å². The summed E-state index contributed by atoms with van der Waals surface area (Å²) in [6.07, 6.45) is -0.846. The van der Waals surface area contributed by atoms with E-state index in [1.54, 1.807) is 4.90 Å². The van der Waals surface area contributed by atoms with Crippen LogP contribution in [-0.4, -0.2) is 74.7 Å². The van der Waals surface area contributed by atoms with Crippen molar-refractivity contribution in [3.8, 4) is 5.75 Å². The fraction of sp³-hybridized carbons (Fsp3) is 0.562. The summed E-state index contributed by atoms with van der Waals surface area (Å²) >= 11 is 0. The zero-order valence-corrected chi connectivity index (χ0v) is 13.8. The number of ether oxygens (including phenoxy) is 2. The number of nitrogens with zero attached hydrogens (tertiary/aromatic N) is 1. The lowest BCUT2D eigenvalue weighted by atomic mass is 10.3. The van der Waals surface area contributed by atoms with Crippen LogP contribution in [0.4, 0.5) is 13.6 Å². The minimum Gasteiger partial charge on any atom is -0.491 e. The maximum Gasteiger partial charge on any atom is 0.317 e. The molecule has 25 heavy (non-hydrogen) atoms. The van der Waals surface area contributed by atoms with Crippen LogP contribution in [0.2, 0.25) is 0 Å². The highest BCUT2D eigenvalue weighted by molar-refractivity contribution is 5.74. The van der Waals surface area contributed by atoms with Gasteiger partial charge in [-0.1, -0.05) is 0 Å². The predicted octanol–water partition coefficient (Wildman–Crippen LogP) is 0.336. The van der Waals surface area contributed by atoms with Crippen LogP contribution in [-0.2, 0) is 4.74 Å². The number of morpholine rings is 1. The molecular weight excluding hydrogens is 336 g/mol. The Morgan fingerprint density at radius 1 is 1.24 bits per heavy atom. The van der Waals surface area contributed by atoms with Crippen molar-refractivity contribution in [3.05, 3.63) is 29.8 Å². The number of urea groups is 1. The van der Waals surface area contributed by atoms with Gasteiger partial charge in [0.15, 0.2) is 0 Å². The molecule has 0 aliphatic carbocycles. The molecule has 1 unspecified atom stereocenters. The van der Waals surface area contributed by atoms with E-state index in [9.17, 15) is 18.7 Å². The number of halogens is 2. The second-order valence-corrected chi connectivity index (χ2v) is 5.61. The van der Waals surface area contributed by atoms with Gasteiger partial charge >= 0.3 is 6.03 Å². The first-order chi connectivity index (χ1) is 12.0. The molecule has 9 heteroatoms. The zero-order chi connectivity index (χ0) is 18.1. The van der Waals surface area contributed by atoms with Gasteiger partial charge in [-0.15, -0.1) is 0 Å². The number of rotatable bonds is 8. The van der Waals surface area contributed by atoms with Crippen molar-refractivity contribution in [2.24, 2.45) is 0 Å². The predicted molar refractivity (Wildman–Crippen MR) is 86.5 cm³/mol. The maximum absolute atomic E-state index is 13.0. The highest BCUT2D eigenvalue weighted by Crippen LogP contribution is 2.15. The Kier molecular flexibility index (Phi) is 7.83. The van der Waals surface area contributed by atoms with Gasteiger partial charge in [-0.05, 0) is 0 Å². The van der Waals surface area contributed by atoms with Crippen LogP contribution in [0.15, 0.2) is 18.2 Å². The summed E-state index contributed by atoms with van der Waals surface area (Å²) in [5, 5.41) is 15.5. The number of hydrogen-bond donors (Lipinski definition) is 3. The number of carbonyl (C=O) groups is 1. The van der Waals surface area contributed by atoms with E-state index in [1.165, 1.54) is 0 Å². The molecule has 2 rings (SSSR count). The highest BCUT2D eigenvalue weighted by Gasteiger charge is 2.15. The molecule has 2 amide bonds. The molecule has 7 nitrogen and oxygen atoms in total. The average Bonchev–Trinajstić information content (AvgIpc) is 2.59. The number of nitrogens with one attached hydrogen (secondary N) is 2. The minimum absolute atomic E-state index is 0.0225. The molecule has 0 radical (unpaired) electrons. The van der Waals surface area contributed by atoms with Crippen LogP contribution in [0.5, 0.6) is 5.75 Å². The van der Waals surface area contributed by atoms with Crippen molar-refractivity contribution < 1.29 is 28.2 Å². The van der Waals surface area contributed by atoms with Gasteiger partial charge in [-0.2, -0.15) is 0 Å². The third kappa shape index (κ3) is 7.20. The molecule has 0 saturated carbocycles. The standard InChI is InChI=1S/C16H23F2N3O4/c17-12-7-13(18)9-15(8-12)25-11-14(22)10-19-1-2-20-16(23)21-3-5-24-6-4-21/h7-9,14,19,22H,1-6,10-11H2,(H,20,23). The Hall–Kier alpha value is -1.97. The summed E-state index contributed by atoms with van der Waals surface area (Å²) in [6.45, 7) is 3.27. The van der Waals surface area contributed by atoms with E-state index in [-0.39, 0.29) is 24.9 Å². The van der Waals surface area contributed by atoms with Crippen molar-refractivity contribution in [1.82, 2.24) is 15.5 Å². The van der Waals surface area contributed by atoms with E-state index in [1.807, 2.05) is 0 Å². The normalized spacial score (nSPS) is 15.7. The van der Waals surface area contributed by atoms with Crippen LogP contribution in [0, 0.1) is 11.6 Å². The Morgan fingerprint density at radius 2 is 1.92 bits per heavy atom. The summed E-state index contributed by atoms with van der Waals surface area (Å²) in [5.74, 6) is -1.45. The summed E-state index contributed by atoms with van der Waals surface area (Å²) in [6, 6.07) is 2.70. The fourth-order valence-corrected chi connectivity index (χ4v) is 2.27. The van der Waals surface area contributed by atoms with E-state index in [0.29, 0.717) is 39.4 Å². The topological polar surface area (TPSA) is 83.1 Å². The van der Waals surface area contributed by atoms with E-state index in [0.717, 1.165) is 18.2 Å². The molecule has 1 aliphatic heterocycles. The first-order valence-electron chi connectivity index (χ1n) is 8.13. The van der Waals surface area contributed by atoms with Gasteiger partial charge in [0.25, 0.3) is 0 Å². The molecule has 1 aromatic carbocycles. The zero-order valence-electron chi connectivity index (χ0n) is 13.8. The van der Waals surface area contributed by atoms with Crippen LogP contribution in [0.1, 0.15) is 0 Å². The largest absolute Gasteiger partial charge is 0.491 e. The number of hydrogen-bond acceptors (Lipinski definition) is 5. The molecular formula is C16H23F2N3O4. The second-order valence-electron chi connectivity index (χ2n) is 5.61. The van der Waals surface area contributed by atoms with E-state index in [4.69, 9.17) is 9.47 Å². The average molecular weight is 359 g/mol. The van der Waals surface area contributed by atoms with Crippen molar-refractivity contribution in [2.75, 3.05) is 52.5 Å². The molecule has 1 saturated heterocycles. The number of amides is 2. The smallest absolute Gasteiger partial charge is 0.317 e. The Balaban J connectivity index is 1.54. The second kappa shape index (κ2) is 10.1. The summed E-state index contributed by atoms with van der Waals surface area (Å²) in [7, 11) is 0. The lowest BCUT2D eigenvalue weighted by molar-refractivity contribution is 0.0532. The first kappa shape index (κ1) is 19.4. The number of carbonyl (C=O) groups excluding carboxylic acids is 1. The molecule has 1 aromatic rings. The first-order valence-corrected chi connectivity index (χ1v) is 8.13. The third-order valence-electron chi connectivity index (χ3n) is 3.53. The maximum atomic E-state index is 13.0. The highest BCUT2D eigenvalue weighted by atomic mass is 19.1. The van der Waals surface area contributed by atoms with Gasteiger partial charge in [0, 0.05) is 50.9 Å². The van der Waals surface area contributed by atoms with Crippen molar-refractivity contribution in [1.29, 1.82) is 0 Å². The molecule has 1 atom stereocenters. The van der Waals surface area contributed by atoms with Crippen molar-refractivity contribution in [2.45, 2.75) is 6.10 Å². The van der Waals surface area contributed by atoms with E-state index in [2.05, 4.69) is 10.6 Å². The molecule has 0 bridgehead atoms. The molecule has 1 fully saturated rings. The summed E-state index contributed by atoms with van der Waals surface area (Å²) in [5.41, 5.74) is 0. The lowest BCUT2D eigenvalue weighted by Crippen LogP contribution is -2.47. The van der Waals surface area contributed by atoms with Crippen LogP contribution in [0.25, 0.3) is 0 Å². The Bertz CT molecular complexity index is 536. The van der Waals surface area contributed by atoms with Gasteiger partial charge in [0.05, 0.1) is 13.2 Å². The van der Waals surface area contributed by atoms with Crippen molar-refractivity contribution in [3.63, 3.8) is 0 Å². The van der Waals surface area contributed by atoms with E-state index < -0.39 is 17.7 Å². The van der Waals surface area contributed by atoms with Crippen LogP contribution < -0.4 is 15.4 Å². The molecule has 0 aromatic heterocycles. The number of benzene rings is 1. The number of aliphatic hydroxyl groups excluding tert-OH is 1. The molecule has 3 N–H and O–H groups in total. The van der Waals surface area contributed by atoms with E-state index >= 15 is 0 Å². The lowest BCUT2D eigenvalue weighted by Gasteiger charge is -2.27. The minimum atomic E-state index is -0.846. The molecule has 0 spiro atoms. The van der Waals surface area contributed by atoms with Gasteiger partial charge in [-0.25, -0.2) is 13.6 Å². The summed E-state index contributed by atoms with van der Waals surface area (Å²) < 4.78 is 36.3. The van der Waals surface area contributed by atoms with Gasteiger partial charge in [-0.3, -0.25) is 0 Å². The summed E-state index contributed by atoms with van der Waals surface area (Å²) in [4.78, 5) is 13.5. The van der Waals surface area contributed by atoms with Crippen LogP contribution in [0.3, 0.4) is 0 Å². The molecule has 1 heterocycles. The van der Waals surface area contributed by atoms with Crippen molar-refractivity contribution >= 4 is 6.03 Å². The van der Waals surface area contributed by atoms with Gasteiger partial charge in [0.1, 0.15) is 30.1 Å². The SMILES string of the molecule is O=C(NCCNCC(O)COc1cc(F)cc(F)c1)N1CCOCC1. The Labute approximate surface area is 144 Å². The monoisotopic (exact) mass is 359 g/mol. The number of aliphatic hydroxyl groups is 1. The van der Waals surface area contributed by atoms with Gasteiger partial charge in [0.2, 0.25) is 0 Å². The quantitative estimate of drug-likeness (QED) is 0.583. The molecule has 140 valence electrons. The van der Waals surface area contributed by atoms with Gasteiger partial charge < -0.3 is 30.1 Å². The fourth-order valence-electron chi connectivity index (χ4n) is 2.27. The Morgan fingerprint density at radius 3 is 2.60 bits per heavy atom. The molecule has 1 aliphatic rings. The third-order valence-corrected chi connectivity index (χ3v) is 3.53.